The lowest BCUT2D eigenvalue weighted by atomic mass is 10.1. The van der Waals surface area contributed by atoms with Crippen molar-refractivity contribution in [2.75, 3.05) is 0 Å². The summed E-state index contributed by atoms with van der Waals surface area (Å²) in [7, 11) is 0. The van der Waals surface area contributed by atoms with Crippen LogP contribution in [0.25, 0.3) is 0 Å². The molecule has 1 N–H and O–H groups in total. The fraction of sp³-hybridized carbons (Fsp3) is 0.300. The molecule has 0 aliphatic rings. The number of carbonyl (C=O) groups is 1. The van der Waals surface area contributed by atoms with Crippen LogP contribution in [0.5, 0.6) is 0 Å². The van der Waals surface area contributed by atoms with Crippen LogP contribution >= 0.6 is 0 Å². The van der Waals surface area contributed by atoms with Crippen molar-refractivity contribution in [2.24, 2.45) is 0 Å². The second-order valence-electron chi connectivity index (χ2n) is 2.38. The van der Waals surface area contributed by atoms with E-state index in [1.54, 1.807) is 0 Å². The van der Waals surface area contributed by atoms with Crippen molar-refractivity contribution in [3.63, 3.8) is 0 Å². The molecule has 0 aliphatic carbocycles. The topological polar surface area (TPSA) is 37.3 Å². The van der Waals surface area contributed by atoms with E-state index in [0.717, 1.165) is 5.56 Å². The number of carboxylic acid groups (broad SMARTS) is 1. The number of carboxylic acids is 1. The van der Waals surface area contributed by atoms with Crippen molar-refractivity contribution in [1.82, 2.24) is 0 Å². The number of rotatable bonds is 3. The molecule has 0 fully saturated rings. The minimum atomic E-state index is -0.742. The van der Waals surface area contributed by atoms with E-state index in [1.165, 1.54) is 0 Å². The maximum Gasteiger partial charge on any atom is 0.303 e. The Morgan fingerprint density at radius 1 is 1.25 bits per heavy atom. The van der Waals surface area contributed by atoms with Gasteiger partial charge in [0, 0.05) is 6.42 Å². The molecule has 12 heavy (non-hydrogen) atoms. The van der Waals surface area contributed by atoms with Crippen LogP contribution in [0, 0.1) is 0 Å². The summed E-state index contributed by atoms with van der Waals surface area (Å²) >= 11 is 0. The van der Waals surface area contributed by atoms with Gasteiger partial charge in [-0.1, -0.05) is 37.8 Å². The van der Waals surface area contributed by atoms with Crippen LogP contribution in [0.15, 0.2) is 30.3 Å². The Morgan fingerprint density at radius 2 is 1.83 bits per heavy atom. The zero-order valence-corrected chi connectivity index (χ0v) is 6.16. The van der Waals surface area contributed by atoms with Crippen molar-refractivity contribution in [2.45, 2.75) is 20.3 Å². The maximum atomic E-state index is 10.2. The van der Waals surface area contributed by atoms with Gasteiger partial charge in [-0.3, -0.25) is 4.79 Å². The third kappa shape index (κ3) is 3.76. The molecule has 0 unspecified atom stereocenters. The van der Waals surface area contributed by atoms with Crippen molar-refractivity contribution in [3.8, 4) is 0 Å². The van der Waals surface area contributed by atoms with Gasteiger partial charge in [0.25, 0.3) is 0 Å². The van der Waals surface area contributed by atoms with Crippen LogP contribution in [-0.4, -0.2) is 11.1 Å². The number of hydrogen-bond donors (Lipinski definition) is 1. The molecule has 0 heterocycles. The summed E-state index contributed by atoms with van der Waals surface area (Å²) < 4.78 is 0. The van der Waals surface area contributed by atoms with Crippen LogP contribution in [-0.2, 0) is 11.2 Å². The molecule has 0 bridgehead atoms. The highest BCUT2D eigenvalue weighted by Crippen LogP contribution is 2.01. The van der Waals surface area contributed by atoms with Gasteiger partial charge in [-0.25, -0.2) is 0 Å². The monoisotopic (exact) mass is 166 g/mol. The van der Waals surface area contributed by atoms with Gasteiger partial charge in [-0.2, -0.15) is 0 Å². The van der Waals surface area contributed by atoms with Gasteiger partial charge in [-0.15, -0.1) is 0 Å². The maximum absolute atomic E-state index is 10.2. The van der Waals surface area contributed by atoms with E-state index in [0.29, 0.717) is 6.42 Å². The van der Waals surface area contributed by atoms with Crippen molar-refractivity contribution < 1.29 is 9.90 Å². The fourth-order valence-corrected chi connectivity index (χ4v) is 0.896. The molecule has 0 aromatic heterocycles. The van der Waals surface area contributed by atoms with Gasteiger partial charge >= 0.3 is 5.97 Å². The van der Waals surface area contributed by atoms with E-state index in [9.17, 15) is 4.79 Å². The van der Waals surface area contributed by atoms with Crippen LogP contribution in [0.3, 0.4) is 0 Å². The lowest BCUT2D eigenvalue weighted by Crippen LogP contribution is -1.96. The Morgan fingerprint density at radius 3 is 2.33 bits per heavy atom. The van der Waals surface area contributed by atoms with Crippen LogP contribution in [0.4, 0.5) is 0 Å². The number of hydrogen-bond acceptors (Lipinski definition) is 1. The van der Waals surface area contributed by atoms with E-state index in [4.69, 9.17) is 5.11 Å². The first-order valence-corrected chi connectivity index (χ1v) is 3.55. The molecule has 0 aliphatic heterocycles. The van der Waals surface area contributed by atoms with Gasteiger partial charge in [0.2, 0.25) is 0 Å². The first kappa shape index (κ1) is 10.7. The Bertz CT molecular complexity index is 229. The first-order valence-electron chi connectivity index (χ1n) is 3.55. The molecular weight excluding hydrogens is 152 g/mol. The van der Waals surface area contributed by atoms with Gasteiger partial charge in [0.1, 0.15) is 0 Å². The minimum Gasteiger partial charge on any atom is -0.481 e. The van der Waals surface area contributed by atoms with Gasteiger partial charge in [0.05, 0.1) is 0 Å². The smallest absolute Gasteiger partial charge is 0.303 e. The van der Waals surface area contributed by atoms with Crippen molar-refractivity contribution in [1.29, 1.82) is 0 Å². The predicted molar refractivity (Wildman–Crippen MR) is 49.1 cm³/mol. The highest BCUT2D eigenvalue weighted by Gasteiger charge is 1.96. The Labute approximate surface area is 72.9 Å². The van der Waals surface area contributed by atoms with E-state index in [2.05, 4.69) is 0 Å². The fourth-order valence-electron chi connectivity index (χ4n) is 0.896. The van der Waals surface area contributed by atoms with Crippen molar-refractivity contribution >= 4 is 5.97 Å². The molecule has 0 atom stereocenters. The molecule has 0 amide bonds. The van der Waals surface area contributed by atoms with Crippen LogP contribution < -0.4 is 0 Å². The standard InChI is InChI=1S/C9H10O2.CH4/c10-9(11)7-6-8-4-2-1-3-5-8;/h1-5H,6-7H2,(H,10,11);1H4. The van der Waals surface area contributed by atoms with Crippen LogP contribution in [0.2, 0.25) is 0 Å². The molecule has 0 saturated carbocycles. The summed E-state index contributed by atoms with van der Waals surface area (Å²) in [5, 5.41) is 8.37. The normalized spacial score (nSPS) is 8.67. The zero-order chi connectivity index (χ0) is 8.10. The molecule has 0 radical (unpaired) electrons. The van der Waals surface area contributed by atoms with Gasteiger partial charge in [-0.05, 0) is 12.0 Å². The highest BCUT2D eigenvalue weighted by molar-refractivity contribution is 5.67. The summed E-state index contributed by atoms with van der Waals surface area (Å²) in [6.45, 7) is 0. The molecule has 66 valence electrons. The lowest BCUT2D eigenvalue weighted by Gasteiger charge is -1.95. The van der Waals surface area contributed by atoms with E-state index < -0.39 is 5.97 Å². The highest BCUT2D eigenvalue weighted by atomic mass is 16.4. The van der Waals surface area contributed by atoms with E-state index in [1.807, 2.05) is 30.3 Å². The lowest BCUT2D eigenvalue weighted by molar-refractivity contribution is -0.136. The zero-order valence-electron chi connectivity index (χ0n) is 6.16. The summed E-state index contributed by atoms with van der Waals surface area (Å²) in [5.74, 6) is -0.742. The molecule has 1 aromatic carbocycles. The summed E-state index contributed by atoms with van der Waals surface area (Å²) in [6, 6.07) is 9.62. The van der Waals surface area contributed by atoms with Gasteiger partial charge in [0.15, 0.2) is 0 Å². The summed E-state index contributed by atoms with van der Waals surface area (Å²) in [4.78, 5) is 10.2. The molecule has 0 saturated heterocycles. The van der Waals surface area contributed by atoms with Gasteiger partial charge < -0.3 is 5.11 Å². The average Bonchev–Trinajstić information content (AvgIpc) is 2.03. The minimum absolute atomic E-state index is 0. The largest absolute Gasteiger partial charge is 0.481 e. The summed E-state index contributed by atoms with van der Waals surface area (Å²) in [6.07, 6.45) is 0.834. The molecule has 1 aromatic rings. The summed E-state index contributed by atoms with van der Waals surface area (Å²) in [5.41, 5.74) is 1.08. The molecular formula is C10H14O2. The van der Waals surface area contributed by atoms with Crippen molar-refractivity contribution in [3.05, 3.63) is 35.9 Å². The third-order valence-electron chi connectivity index (χ3n) is 1.47. The van der Waals surface area contributed by atoms with E-state index >= 15 is 0 Å². The second-order valence-corrected chi connectivity index (χ2v) is 2.38. The van der Waals surface area contributed by atoms with E-state index in [-0.39, 0.29) is 13.8 Å². The van der Waals surface area contributed by atoms with Crippen LogP contribution in [0.1, 0.15) is 19.4 Å². The number of aliphatic carboxylic acids is 1. The SMILES string of the molecule is C.O=C(O)CCc1ccccc1. The Balaban J connectivity index is 0.00000121. The quantitative estimate of drug-likeness (QED) is 0.748. The molecule has 2 nitrogen and oxygen atoms in total. The molecule has 1 rings (SSSR count). The second kappa shape index (κ2) is 5.35. The molecule has 0 spiro atoms. The third-order valence-corrected chi connectivity index (χ3v) is 1.47. The first-order chi connectivity index (χ1) is 5.29. The molecule has 2 heteroatoms. The number of benzene rings is 1. The number of aryl methyl sites for hydroxylation is 1. The Hall–Kier alpha value is -1.31. The predicted octanol–water partition coefficient (Wildman–Crippen LogP) is 2.34. The average molecular weight is 166 g/mol. The Kier molecular flexibility index (Phi) is 4.77.